The molecule has 0 atom stereocenters. The molecule has 16 heavy (non-hydrogen) atoms. The Labute approximate surface area is 108 Å². The molecule has 0 saturated carbocycles. The molecule has 0 fully saturated rings. The fraction of sp³-hybridized carbons (Fsp3) is 0.300. The van der Waals surface area contributed by atoms with Crippen molar-refractivity contribution in [2.45, 2.75) is 4.90 Å². The van der Waals surface area contributed by atoms with Gasteiger partial charge in [0.1, 0.15) is 0 Å². The van der Waals surface area contributed by atoms with Gasteiger partial charge in [0.25, 0.3) is 5.91 Å². The van der Waals surface area contributed by atoms with E-state index in [2.05, 4.69) is 5.32 Å². The molecule has 0 aliphatic carbocycles. The van der Waals surface area contributed by atoms with Gasteiger partial charge in [-0.3, -0.25) is 4.79 Å². The number of rotatable bonds is 4. The monoisotopic (exact) mass is 279 g/mol. The molecule has 0 radical (unpaired) electrons. The van der Waals surface area contributed by atoms with E-state index < -0.39 is 0 Å². The summed E-state index contributed by atoms with van der Waals surface area (Å²) >= 11 is 13.3. The zero-order chi connectivity index (χ0) is 12.1. The molecule has 0 aromatic heterocycles. The van der Waals surface area contributed by atoms with Gasteiger partial charge in [0.15, 0.2) is 0 Å². The quantitative estimate of drug-likeness (QED) is 0.833. The fourth-order valence-electron chi connectivity index (χ4n) is 1.12. The third-order valence-corrected chi connectivity index (χ3v) is 3.40. The van der Waals surface area contributed by atoms with Gasteiger partial charge in [-0.15, -0.1) is 11.8 Å². The summed E-state index contributed by atoms with van der Waals surface area (Å²) < 4.78 is 0. The molecule has 2 N–H and O–H groups in total. The number of amides is 1. The lowest BCUT2D eigenvalue weighted by Gasteiger charge is -2.08. The normalized spacial score (nSPS) is 10.2. The number of carbonyl (C=O) groups is 1. The number of aliphatic hydroxyl groups is 1. The van der Waals surface area contributed by atoms with Gasteiger partial charge in [-0.2, -0.15) is 0 Å². The van der Waals surface area contributed by atoms with Crippen LogP contribution in [-0.2, 0) is 0 Å². The minimum Gasteiger partial charge on any atom is -0.395 e. The Balaban J connectivity index is 2.99. The second kappa shape index (κ2) is 6.35. The van der Waals surface area contributed by atoms with Crippen molar-refractivity contribution in [1.29, 1.82) is 0 Å². The van der Waals surface area contributed by atoms with Gasteiger partial charge in [0.05, 0.1) is 22.2 Å². The number of hydrogen-bond donors (Lipinski definition) is 2. The molecular weight excluding hydrogens is 269 g/mol. The summed E-state index contributed by atoms with van der Waals surface area (Å²) in [5, 5.41) is 12.0. The first-order chi connectivity index (χ1) is 7.60. The Morgan fingerprint density at radius 2 is 2.12 bits per heavy atom. The van der Waals surface area contributed by atoms with E-state index in [1.165, 1.54) is 11.8 Å². The maximum atomic E-state index is 11.6. The molecule has 0 spiro atoms. The molecule has 1 aromatic rings. The van der Waals surface area contributed by atoms with Crippen LogP contribution in [0.4, 0.5) is 0 Å². The predicted octanol–water partition coefficient (Wildman–Crippen LogP) is 2.44. The SMILES string of the molecule is CSc1cc(C(=O)NCCO)c(Cl)cc1Cl. The lowest BCUT2D eigenvalue weighted by molar-refractivity contribution is 0.0944. The average molecular weight is 280 g/mol. The van der Waals surface area contributed by atoms with Crippen LogP contribution in [0.1, 0.15) is 10.4 Å². The second-order valence-electron chi connectivity index (χ2n) is 2.95. The number of hydrogen-bond acceptors (Lipinski definition) is 3. The minimum atomic E-state index is -0.314. The van der Waals surface area contributed by atoms with E-state index in [1.54, 1.807) is 12.1 Å². The molecule has 0 saturated heterocycles. The number of thioether (sulfide) groups is 1. The summed E-state index contributed by atoms with van der Waals surface area (Å²) in [5.41, 5.74) is 0.365. The molecule has 1 rings (SSSR count). The summed E-state index contributed by atoms with van der Waals surface area (Å²) in [6.45, 7) is 0.0960. The third kappa shape index (κ3) is 3.28. The highest BCUT2D eigenvalue weighted by atomic mass is 35.5. The molecule has 3 nitrogen and oxygen atoms in total. The summed E-state index contributed by atoms with van der Waals surface area (Å²) in [4.78, 5) is 12.4. The Hall–Kier alpha value is -0.420. The van der Waals surface area contributed by atoms with Crippen LogP contribution in [-0.4, -0.2) is 30.4 Å². The van der Waals surface area contributed by atoms with Gasteiger partial charge in [0.2, 0.25) is 0 Å². The molecule has 0 aliphatic rings. The summed E-state index contributed by atoms with van der Waals surface area (Å²) in [7, 11) is 0. The topological polar surface area (TPSA) is 49.3 Å². The Kier molecular flexibility index (Phi) is 5.41. The Morgan fingerprint density at radius 1 is 1.44 bits per heavy atom. The number of aliphatic hydroxyl groups excluding tert-OH is 1. The number of benzene rings is 1. The number of nitrogens with one attached hydrogen (secondary N) is 1. The van der Waals surface area contributed by atoms with E-state index in [0.717, 1.165) is 4.90 Å². The number of carbonyl (C=O) groups excluding carboxylic acids is 1. The van der Waals surface area contributed by atoms with Crippen molar-refractivity contribution in [3.63, 3.8) is 0 Å². The van der Waals surface area contributed by atoms with E-state index in [0.29, 0.717) is 15.6 Å². The van der Waals surface area contributed by atoms with Crippen LogP contribution >= 0.6 is 35.0 Å². The molecule has 0 aliphatic heterocycles. The van der Waals surface area contributed by atoms with Crippen molar-refractivity contribution < 1.29 is 9.90 Å². The van der Waals surface area contributed by atoms with E-state index in [1.807, 2.05) is 6.26 Å². The molecule has 6 heteroatoms. The van der Waals surface area contributed by atoms with Crippen LogP contribution in [0, 0.1) is 0 Å². The van der Waals surface area contributed by atoms with Gasteiger partial charge in [-0.25, -0.2) is 0 Å². The van der Waals surface area contributed by atoms with E-state index in [-0.39, 0.29) is 19.1 Å². The zero-order valence-corrected chi connectivity index (χ0v) is 10.9. The van der Waals surface area contributed by atoms with Crippen molar-refractivity contribution >= 4 is 40.9 Å². The highest BCUT2D eigenvalue weighted by Crippen LogP contribution is 2.31. The highest BCUT2D eigenvalue weighted by molar-refractivity contribution is 7.98. The zero-order valence-electron chi connectivity index (χ0n) is 8.59. The molecule has 0 heterocycles. The minimum absolute atomic E-state index is 0.105. The van der Waals surface area contributed by atoms with Gasteiger partial charge < -0.3 is 10.4 Å². The molecule has 1 aromatic carbocycles. The van der Waals surface area contributed by atoms with Gasteiger partial charge >= 0.3 is 0 Å². The van der Waals surface area contributed by atoms with Gasteiger partial charge in [0, 0.05) is 11.4 Å². The second-order valence-corrected chi connectivity index (χ2v) is 4.61. The summed E-state index contributed by atoms with van der Waals surface area (Å²) in [6, 6.07) is 3.19. The van der Waals surface area contributed by atoms with Crippen molar-refractivity contribution in [3.8, 4) is 0 Å². The molecular formula is C10H11Cl2NO2S. The predicted molar refractivity (Wildman–Crippen MR) is 67.7 cm³/mol. The maximum Gasteiger partial charge on any atom is 0.252 e. The Morgan fingerprint density at radius 3 is 2.69 bits per heavy atom. The van der Waals surface area contributed by atoms with Crippen molar-refractivity contribution in [3.05, 3.63) is 27.7 Å². The number of halogens is 2. The van der Waals surface area contributed by atoms with E-state index in [9.17, 15) is 4.79 Å². The van der Waals surface area contributed by atoms with Crippen LogP contribution in [0.2, 0.25) is 10.0 Å². The highest BCUT2D eigenvalue weighted by Gasteiger charge is 2.13. The molecule has 0 unspecified atom stereocenters. The molecule has 88 valence electrons. The standard InChI is InChI=1S/C10H11Cl2NO2S/c1-16-9-4-6(7(11)5-8(9)12)10(15)13-2-3-14/h4-5,14H,2-3H2,1H3,(H,13,15). The first kappa shape index (κ1) is 13.6. The van der Waals surface area contributed by atoms with Crippen LogP contribution in [0.3, 0.4) is 0 Å². The van der Waals surface area contributed by atoms with E-state index in [4.69, 9.17) is 28.3 Å². The van der Waals surface area contributed by atoms with Crippen molar-refractivity contribution in [2.24, 2.45) is 0 Å². The Bertz CT molecular complexity index is 399. The largest absolute Gasteiger partial charge is 0.395 e. The fourth-order valence-corrected chi connectivity index (χ4v) is 2.31. The molecule has 0 bridgehead atoms. The lowest BCUT2D eigenvalue weighted by atomic mass is 10.2. The van der Waals surface area contributed by atoms with Crippen LogP contribution in [0.5, 0.6) is 0 Å². The van der Waals surface area contributed by atoms with Crippen LogP contribution in [0.25, 0.3) is 0 Å². The van der Waals surface area contributed by atoms with E-state index >= 15 is 0 Å². The summed E-state index contributed by atoms with van der Waals surface area (Å²) in [5.74, 6) is -0.314. The average Bonchev–Trinajstić information content (AvgIpc) is 2.26. The first-order valence-corrected chi connectivity index (χ1v) is 6.50. The lowest BCUT2D eigenvalue weighted by Crippen LogP contribution is -2.26. The third-order valence-electron chi connectivity index (χ3n) is 1.88. The van der Waals surface area contributed by atoms with Crippen molar-refractivity contribution in [2.75, 3.05) is 19.4 Å². The van der Waals surface area contributed by atoms with Crippen LogP contribution < -0.4 is 5.32 Å². The maximum absolute atomic E-state index is 11.6. The van der Waals surface area contributed by atoms with Gasteiger partial charge in [-0.1, -0.05) is 23.2 Å². The van der Waals surface area contributed by atoms with Crippen LogP contribution in [0.15, 0.2) is 17.0 Å². The first-order valence-electron chi connectivity index (χ1n) is 4.52. The molecule has 1 amide bonds. The van der Waals surface area contributed by atoms with Crippen molar-refractivity contribution in [1.82, 2.24) is 5.32 Å². The summed E-state index contributed by atoms with van der Waals surface area (Å²) in [6.07, 6.45) is 1.87. The smallest absolute Gasteiger partial charge is 0.252 e. The van der Waals surface area contributed by atoms with Gasteiger partial charge in [-0.05, 0) is 18.4 Å².